The number of anilines is 2. The minimum Gasteiger partial charge on any atom is -0.494 e. The summed E-state index contributed by atoms with van der Waals surface area (Å²) in [6.07, 6.45) is 0.654. The van der Waals surface area contributed by atoms with Gasteiger partial charge in [-0.2, -0.15) is 4.98 Å². The molecule has 2 amide bonds. The molecule has 5 N–H and O–H groups in total. The maximum atomic E-state index is 12.5. The lowest BCUT2D eigenvalue weighted by Gasteiger charge is -2.13. The first-order chi connectivity index (χ1) is 15.4. The lowest BCUT2D eigenvalue weighted by molar-refractivity contribution is -0.126. The lowest BCUT2D eigenvalue weighted by atomic mass is 10.1. The van der Waals surface area contributed by atoms with Gasteiger partial charge in [-0.1, -0.05) is 11.3 Å². The molecule has 0 bridgehead atoms. The summed E-state index contributed by atoms with van der Waals surface area (Å²) in [7, 11) is 0. The summed E-state index contributed by atoms with van der Waals surface area (Å²) in [5, 5.41) is 16.8. The highest BCUT2D eigenvalue weighted by Gasteiger charge is 2.36. The molecule has 1 saturated heterocycles. The number of carboxylic acid groups (broad SMARTS) is 1. The Kier molecular flexibility index (Phi) is 7.54. The predicted octanol–water partition coefficient (Wildman–Crippen LogP) is 0.808. The van der Waals surface area contributed by atoms with Gasteiger partial charge in [0.2, 0.25) is 17.8 Å². The van der Waals surface area contributed by atoms with E-state index in [0.29, 0.717) is 37.1 Å². The molecule has 4 rings (SSSR count). The number of H-pyrrole nitrogens is 1. The molecule has 12 nitrogen and oxygen atoms in total. The van der Waals surface area contributed by atoms with Crippen LogP contribution in [0.25, 0.3) is 10.2 Å². The van der Waals surface area contributed by atoms with E-state index in [9.17, 15) is 9.59 Å². The number of nitrogen functional groups attached to an aromatic ring is 1. The monoisotopic (exact) mass is 461 g/mol. The van der Waals surface area contributed by atoms with Crippen molar-refractivity contribution >= 4 is 50.9 Å². The minimum atomic E-state index is -0.409. The van der Waals surface area contributed by atoms with E-state index >= 15 is 0 Å². The van der Waals surface area contributed by atoms with Gasteiger partial charge in [0.25, 0.3) is 6.47 Å². The zero-order valence-electron chi connectivity index (χ0n) is 17.3. The Morgan fingerprint density at radius 3 is 2.94 bits per heavy atom. The summed E-state index contributed by atoms with van der Waals surface area (Å²) < 4.78 is 6.46. The van der Waals surface area contributed by atoms with E-state index in [1.165, 1.54) is 11.3 Å². The molecule has 13 heteroatoms. The van der Waals surface area contributed by atoms with Crippen molar-refractivity contribution in [3.8, 4) is 5.75 Å². The van der Waals surface area contributed by atoms with Crippen LogP contribution in [0.1, 0.15) is 19.2 Å². The summed E-state index contributed by atoms with van der Waals surface area (Å²) in [6.45, 7) is 2.97. The van der Waals surface area contributed by atoms with Gasteiger partial charge >= 0.3 is 0 Å². The van der Waals surface area contributed by atoms with Gasteiger partial charge in [-0.3, -0.25) is 24.4 Å². The van der Waals surface area contributed by atoms with E-state index in [1.54, 1.807) is 4.90 Å². The van der Waals surface area contributed by atoms with Crippen LogP contribution in [0.15, 0.2) is 18.2 Å². The van der Waals surface area contributed by atoms with Crippen LogP contribution in [0.3, 0.4) is 0 Å². The van der Waals surface area contributed by atoms with Crippen LogP contribution in [-0.2, 0) is 20.8 Å². The normalized spacial score (nSPS) is 15.3. The van der Waals surface area contributed by atoms with Crippen molar-refractivity contribution in [1.82, 2.24) is 25.5 Å². The second-order valence-corrected chi connectivity index (χ2v) is 7.76. The van der Waals surface area contributed by atoms with E-state index in [-0.39, 0.29) is 30.7 Å². The first-order valence-electron chi connectivity index (χ1n) is 9.81. The number of ether oxygens (including phenoxy) is 1. The fourth-order valence-corrected chi connectivity index (χ4v) is 4.22. The van der Waals surface area contributed by atoms with Gasteiger partial charge in [-0.25, -0.2) is 4.98 Å². The van der Waals surface area contributed by atoms with E-state index in [2.05, 4.69) is 25.5 Å². The summed E-state index contributed by atoms with van der Waals surface area (Å²) in [4.78, 5) is 43.4. The molecule has 1 aliphatic heterocycles. The number of nitrogens with one attached hydrogen (secondary N) is 2. The zero-order valence-corrected chi connectivity index (χ0v) is 18.1. The number of carbonyl (C=O) groups excluding carboxylic acids is 2. The standard InChI is InChI=1S/C18H21N7O3S.CH2O2/c1-2-28-11-3-4-12-13(8-11)29-18(21-12)25-9-10(7-15(25)26)16(27)20-6-5-14-22-17(19)24-23-14;2-1-3/h3-4,8,10H,2,5-7,9H2,1H3,(H,20,27)(H3,19,22,23,24);1H,(H,2,3). The van der Waals surface area contributed by atoms with Crippen molar-refractivity contribution in [3.05, 3.63) is 24.0 Å². The molecule has 1 aliphatic rings. The fourth-order valence-electron chi connectivity index (χ4n) is 3.20. The third kappa shape index (κ3) is 5.49. The Labute approximate surface area is 186 Å². The topological polar surface area (TPSA) is 176 Å². The summed E-state index contributed by atoms with van der Waals surface area (Å²) in [5.41, 5.74) is 6.26. The smallest absolute Gasteiger partial charge is 0.290 e. The molecule has 32 heavy (non-hydrogen) atoms. The maximum absolute atomic E-state index is 12.5. The van der Waals surface area contributed by atoms with Crippen molar-refractivity contribution in [2.75, 3.05) is 30.3 Å². The average molecular weight is 462 g/mol. The Bertz CT molecular complexity index is 1100. The Hall–Kier alpha value is -3.74. The van der Waals surface area contributed by atoms with Crippen LogP contribution in [-0.4, -0.2) is 63.3 Å². The number of benzene rings is 1. The van der Waals surface area contributed by atoms with Crippen molar-refractivity contribution in [2.24, 2.45) is 5.92 Å². The number of hydrogen-bond acceptors (Lipinski definition) is 9. The van der Waals surface area contributed by atoms with Gasteiger partial charge < -0.3 is 20.9 Å². The van der Waals surface area contributed by atoms with Crippen LogP contribution < -0.4 is 20.7 Å². The lowest BCUT2D eigenvalue weighted by Crippen LogP contribution is -2.34. The largest absolute Gasteiger partial charge is 0.494 e. The van der Waals surface area contributed by atoms with Crippen LogP contribution in [0.4, 0.5) is 11.1 Å². The first kappa shape index (κ1) is 22.9. The minimum absolute atomic E-state index is 0.0998. The molecule has 0 radical (unpaired) electrons. The van der Waals surface area contributed by atoms with Gasteiger partial charge in [-0.15, -0.1) is 5.10 Å². The fraction of sp³-hybridized carbons (Fsp3) is 0.368. The Balaban J connectivity index is 0.000000913. The van der Waals surface area contributed by atoms with E-state index < -0.39 is 5.92 Å². The highest BCUT2D eigenvalue weighted by atomic mass is 32.1. The molecule has 3 heterocycles. The van der Waals surface area contributed by atoms with Gasteiger partial charge in [0, 0.05) is 25.9 Å². The van der Waals surface area contributed by atoms with E-state index in [4.69, 9.17) is 20.4 Å². The van der Waals surface area contributed by atoms with Crippen molar-refractivity contribution < 1.29 is 24.2 Å². The van der Waals surface area contributed by atoms with Crippen LogP contribution in [0.5, 0.6) is 5.75 Å². The second kappa shape index (κ2) is 10.5. The van der Waals surface area contributed by atoms with Crippen molar-refractivity contribution in [2.45, 2.75) is 19.8 Å². The number of aromatic amines is 1. The molecule has 1 atom stereocenters. The third-order valence-electron chi connectivity index (χ3n) is 4.60. The third-order valence-corrected chi connectivity index (χ3v) is 5.64. The number of carbonyl (C=O) groups is 3. The van der Waals surface area contributed by atoms with Crippen LogP contribution >= 0.6 is 11.3 Å². The summed E-state index contributed by atoms with van der Waals surface area (Å²) >= 11 is 1.42. The molecule has 0 aliphatic carbocycles. The molecule has 1 aromatic carbocycles. The van der Waals surface area contributed by atoms with Crippen molar-refractivity contribution in [1.29, 1.82) is 0 Å². The van der Waals surface area contributed by atoms with Crippen LogP contribution in [0, 0.1) is 5.92 Å². The summed E-state index contributed by atoms with van der Waals surface area (Å²) in [6, 6.07) is 5.65. The maximum Gasteiger partial charge on any atom is 0.290 e. The highest BCUT2D eigenvalue weighted by Crippen LogP contribution is 2.34. The van der Waals surface area contributed by atoms with Gasteiger partial charge in [-0.05, 0) is 25.1 Å². The van der Waals surface area contributed by atoms with Crippen LogP contribution in [0.2, 0.25) is 0 Å². The zero-order chi connectivity index (χ0) is 23.1. The first-order valence-corrected chi connectivity index (χ1v) is 10.6. The number of rotatable bonds is 7. The molecule has 170 valence electrons. The molecule has 3 aromatic rings. The SMILES string of the molecule is CCOc1ccc2nc(N3CC(C(=O)NCCc4nc(N)n[nH]4)CC3=O)sc2c1.O=CO. The Morgan fingerprint density at radius 1 is 1.47 bits per heavy atom. The van der Waals surface area contributed by atoms with Gasteiger partial charge in [0.1, 0.15) is 11.6 Å². The number of nitrogens with two attached hydrogens (primary N) is 1. The number of fused-ring (bicyclic) bond motifs is 1. The Morgan fingerprint density at radius 2 is 2.25 bits per heavy atom. The molecule has 1 fully saturated rings. The second-order valence-electron chi connectivity index (χ2n) is 6.75. The highest BCUT2D eigenvalue weighted by molar-refractivity contribution is 7.22. The summed E-state index contributed by atoms with van der Waals surface area (Å²) in [5.74, 6) is 0.882. The quantitative estimate of drug-likeness (QED) is 0.371. The number of hydrogen-bond donors (Lipinski definition) is 4. The van der Waals surface area contributed by atoms with Gasteiger partial charge in [0.05, 0.1) is 22.7 Å². The van der Waals surface area contributed by atoms with Crippen molar-refractivity contribution in [3.63, 3.8) is 0 Å². The molecule has 1 unspecified atom stereocenters. The molecule has 0 spiro atoms. The van der Waals surface area contributed by atoms with E-state index in [1.807, 2.05) is 25.1 Å². The van der Waals surface area contributed by atoms with Gasteiger partial charge in [0.15, 0.2) is 5.13 Å². The molecule has 0 saturated carbocycles. The van der Waals surface area contributed by atoms with E-state index in [0.717, 1.165) is 16.0 Å². The average Bonchev–Trinajstić information content (AvgIpc) is 3.46. The number of aromatic nitrogens is 4. The number of amides is 2. The number of nitrogens with zero attached hydrogens (tertiary/aromatic N) is 4. The number of thiazole rings is 1. The molecular formula is C19H23N7O5S. The predicted molar refractivity (Wildman–Crippen MR) is 117 cm³/mol. The molecular weight excluding hydrogens is 438 g/mol. The molecule has 2 aromatic heterocycles.